The first-order chi connectivity index (χ1) is 7.97. The molecule has 0 saturated heterocycles. The second kappa shape index (κ2) is 5.56. The Kier molecular flexibility index (Phi) is 4.51. The van der Waals surface area contributed by atoms with E-state index in [1.807, 2.05) is 6.07 Å². The van der Waals surface area contributed by atoms with Gasteiger partial charge in [0.25, 0.3) is 0 Å². The molecule has 2 rings (SSSR count). The van der Waals surface area contributed by atoms with Gasteiger partial charge < -0.3 is 0 Å². The molecule has 2 aromatic carbocycles. The predicted octanol–water partition coefficient (Wildman–Crippen LogP) is 5.60. The van der Waals surface area contributed by atoms with Crippen LogP contribution in [-0.2, 0) is 0 Å². The predicted molar refractivity (Wildman–Crippen MR) is 80.5 cm³/mol. The topological polar surface area (TPSA) is 0 Å². The van der Waals surface area contributed by atoms with Crippen LogP contribution in [0, 0.1) is 0 Å². The standard InChI is InChI=1S/C13H13.3ClH.Sn/c1-10(2)12-9-5-7-11-6-3-4-8-13(11)12;;;;/h3-10H,1H2,2H3;3*1H;/q;;;;+3/p-3. The van der Waals surface area contributed by atoms with Gasteiger partial charge in [0.1, 0.15) is 0 Å². The number of benzene rings is 2. The molecule has 1 atom stereocenters. The fourth-order valence-corrected chi connectivity index (χ4v) is 9.40. The molecule has 0 bridgehead atoms. The van der Waals surface area contributed by atoms with Crippen molar-refractivity contribution in [3.63, 3.8) is 0 Å². The first kappa shape index (κ1) is 13.8. The normalized spacial score (nSPS) is 13.9. The van der Waals surface area contributed by atoms with Gasteiger partial charge in [0.2, 0.25) is 0 Å². The van der Waals surface area contributed by atoms with Crippen LogP contribution < -0.4 is 0 Å². The minimum absolute atomic E-state index is 0.310. The van der Waals surface area contributed by atoms with Crippen LogP contribution in [0.3, 0.4) is 0 Å². The van der Waals surface area contributed by atoms with Gasteiger partial charge in [-0.3, -0.25) is 0 Å². The summed E-state index contributed by atoms with van der Waals surface area (Å²) in [7, 11) is 18.2. The van der Waals surface area contributed by atoms with Crippen LogP contribution in [0.25, 0.3) is 10.8 Å². The molecule has 90 valence electrons. The van der Waals surface area contributed by atoms with Crippen LogP contribution in [0.5, 0.6) is 0 Å². The second-order valence-electron chi connectivity index (χ2n) is 4.29. The van der Waals surface area contributed by atoms with Crippen molar-refractivity contribution in [1.29, 1.82) is 0 Å². The Balaban J connectivity index is 2.41. The van der Waals surface area contributed by atoms with Crippen molar-refractivity contribution < 1.29 is 0 Å². The molecule has 0 nitrogen and oxygen atoms in total. The van der Waals surface area contributed by atoms with E-state index in [2.05, 4.69) is 43.3 Å². The summed E-state index contributed by atoms with van der Waals surface area (Å²) in [6.45, 7) is 2.14. The Labute approximate surface area is 117 Å². The van der Waals surface area contributed by atoms with Crippen molar-refractivity contribution in [2.45, 2.75) is 17.3 Å². The molecule has 0 radical (unpaired) electrons. The Morgan fingerprint density at radius 2 is 1.65 bits per heavy atom. The van der Waals surface area contributed by atoms with Gasteiger partial charge in [-0.05, 0) is 0 Å². The second-order valence-corrected chi connectivity index (χ2v) is 25.8. The van der Waals surface area contributed by atoms with Crippen molar-refractivity contribution >= 4 is 52.5 Å². The number of hydrogen-bond donors (Lipinski definition) is 0. The van der Waals surface area contributed by atoms with E-state index in [1.54, 1.807) is 0 Å². The van der Waals surface area contributed by atoms with E-state index in [4.69, 9.17) is 26.8 Å². The molecule has 4 heteroatoms. The summed E-state index contributed by atoms with van der Waals surface area (Å²) in [4.78, 5) is 0. The zero-order valence-corrected chi connectivity index (χ0v) is 14.6. The summed E-state index contributed by atoms with van der Waals surface area (Å²) in [6.07, 6.45) is 0. The quantitative estimate of drug-likeness (QED) is 0.595. The van der Waals surface area contributed by atoms with Crippen molar-refractivity contribution in [2.75, 3.05) is 0 Å². The van der Waals surface area contributed by atoms with E-state index in [0.29, 0.717) is 5.92 Å². The first-order valence-electron chi connectivity index (χ1n) is 5.52. The molecule has 1 unspecified atom stereocenters. The molecule has 0 N–H and O–H groups in total. The molecular formula is C13H13Cl3Sn. The number of halogens is 3. The summed E-state index contributed by atoms with van der Waals surface area (Å²) < 4.78 is 0.730. The van der Waals surface area contributed by atoms with Gasteiger partial charge in [-0.1, -0.05) is 0 Å². The summed E-state index contributed by atoms with van der Waals surface area (Å²) in [5.74, 6) is 0.310. The third-order valence-corrected chi connectivity index (χ3v) is 9.07. The molecule has 0 amide bonds. The monoisotopic (exact) mass is 394 g/mol. The molecule has 0 aliphatic rings. The summed E-state index contributed by atoms with van der Waals surface area (Å²) in [5.41, 5.74) is 1.28. The fourth-order valence-electron chi connectivity index (χ4n) is 2.14. The summed E-state index contributed by atoms with van der Waals surface area (Å²) in [5, 5.41) is 2.51. The van der Waals surface area contributed by atoms with Gasteiger partial charge in [0.15, 0.2) is 0 Å². The first-order valence-corrected chi connectivity index (χ1v) is 18.4. The number of hydrogen-bond acceptors (Lipinski definition) is 0. The van der Waals surface area contributed by atoms with Gasteiger partial charge in [0, 0.05) is 0 Å². The Morgan fingerprint density at radius 1 is 1.00 bits per heavy atom. The van der Waals surface area contributed by atoms with E-state index in [-0.39, 0.29) is 0 Å². The van der Waals surface area contributed by atoms with Crippen LogP contribution in [0.2, 0.25) is 4.44 Å². The molecule has 0 fully saturated rings. The third-order valence-electron chi connectivity index (χ3n) is 2.89. The fraction of sp³-hybridized carbons (Fsp3) is 0.231. The summed E-state index contributed by atoms with van der Waals surface area (Å²) >= 11 is -3.28. The molecule has 17 heavy (non-hydrogen) atoms. The SMILES string of the molecule is CC([CH2][Sn]([Cl])([Cl])[Cl])c1cccc2ccccc12. The van der Waals surface area contributed by atoms with E-state index >= 15 is 0 Å². The minimum atomic E-state index is -3.28. The van der Waals surface area contributed by atoms with Crippen LogP contribution >= 0.6 is 26.8 Å². The Hall–Kier alpha value is 0.369. The number of fused-ring (bicyclic) bond motifs is 1. The molecule has 0 aliphatic heterocycles. The average Bonchev–Trinajstić information content (AvgIpc) is 2.26. The van der Waals surface area contributed by atoms with Gasteiger partial charge in [-0.15, -0.1) is 0 Å². The van der Waals surface area contributed by atoms with Crippen LogP contribution in [-0.4, -0.2) is 15.0 Å². The van der Waals surface area contributed by atoms with Crippen LogP contribution in [0.1, 0.15) is 18.4 Å². The van der Waals surface area contributed by atoms with E-state index in [0.717, 1.165) is 4.44 Å². The molecule has 0 saturated carbocycles. The van der Waals surface area contributed by atoms with Crippen molar-refractivity contribution in [3.05, 3.63) is 48.0 Å². The van der Waals surface area contributed by atoms with Crippen LogP contribution in [0.4, 0.5) is 0 Å². The van der Waals surface area contributed by atoms with Crippen molar-refractivity contribution in [2.24, 2.45) is 0 Å². The summed E-state index contributed by atoms with van der Waals surface area (Å²) in [6, 6.07) is 14.7. The zero-order chi connectivity index (χ0) is 12.5. The maximum atomic E-state index is 6.07. The maximum absolute atomic E-state index is 6.07. The molecule has 2 aromatic rings. The van der Waals surface area contributed by atoms with Crippen LogP contribution in [0.15, 0.2) is 42.5 Å². The van der Waals surface area contributed by atoms with Crippen molar-refractivity contribution in [3.8, 4) is 0 Å². The zero-order valence-electron chi connectivity index (χ0n) is 9.46. The average molecular weight is 394 g/mol. The Morgan fingerprint density at radius 3 is 2.35 bits per heavy atom. The van der Waals surface area contributed by atoms with E-state index in [9.17, 15) is 0 Å². The molecule has 0 aliphatic carbocycles. The van der Waals surface area contributed by atoms with E-state index in [1.165, 1.54) is 16.3 Å². The van der Waals surface area contributed by atoms with Crippen molar-refractivity contribution in [1.82, 2.24) is 0 Å². The van der Waals surface area contributed by atoms with Gasteiger partial charge >= 0.3 is 118 Å². The molecular weight excluding hydrogens is 381 g/mol. The molecule has 0 heterocycles. The molecule has 0 spiro atoms. The number of rotatable bonds is 3. The Bertz CT molecular complexity index is 514. The van der Waals surface area contributed by atoms with Gasteiger partial charge in [-0.25, -0.2) is 0 Å². The van der Waals surface area contributed by atoms with Gasteiger partial charge in [0.05, 0.1) is 0 Å². The van der Waals surface area contributed by atoms with Gasteiger partial charge in [-0.2, -0.15) is 0 Å². The third kappa shape index (κ3) is 3.66. The molecule has 0 aromatic heterocycles. The van der Waals surface area contributed by atoms with E-state index < -0.39 is 15.0 Å².